The van der Waals surface area contributed by atoms with E-state index in [1.807, 2.05) is 6.07 Å². The molecule has 3 heterocycles. The Labute approximate surface area is 162 Å². The van der Waals surface area contributed by atoms with Crippen molar-refractivity contribution in [2.45, 2.75) is 64.6 Å². The first-order valence-corrected chi connectivity index (χ1v) is 9.81. The predicted molar refractivity (Wildman–Crippen MR) is 102 cm³/mol. The standard InChI is InChI=1S/C20H25F2N5O/c1-12(2)8-19-24-17-11-23-16(15-6-7-26(25-15)20(21)22)10-18(17)27(19)13-4-3-5-14(28)9-13/h6-7,10-14,20,28H,3-5,8-9H2,1-2H3/t13-,14-/m1/s1. The van der Waals surface area contributed by atoms with Gasteiger partial charge in [-0.25, -0.2) is 9.67 Å². The van der Waals surface area contributed by atoms with Crippen LogP contribution in [0.15, 0.2) is 24.5 Å². The summed E-state index contributed by atoms with van der Waals surface area (Å²) in [6.07, 6.45) is 6.97. The second-order valence-corrected chi connectivity index (χ2v) is 7.99. The fraction of sp³-hybridized carbons (Fsp3) is 0.550. The molecule has 0 unspecified atom stereocenters. The topological polar surface area (TPSA) is 68.8 Å². The van der Waals surface area contributed by atoms with Gasteiger partial charge in [0.25, 0.3) is 0 Å². The van der Waals surface area contributed by atoms with E-state index < -0.39 is 6.55 Å². The van der Waals surface area contributed by atoms with E-state index in [1.54, 1.807) is 12.3 Å². The van der Waals surface area contributed by atoms with Crippen LogP contribution < -0.4 is 0 Å². The van der Waals surface area contributed by atoms with Crippen LogP contribution in [0.2, 0.25) is 0 Å². The fourth-order valence-corrected chi connectivity index (χ4v) is 4.06. The van der Waals surface area contributed by atoms with Crippen molar-refractivity contribution in [3.8, 4) is 11.4 Å². The minimum atomic E-state index is -2.68. The van der Waals surface area contributed by atoms with E-state index in [0.717, 1.165) is 42.5 Å². The molecule has 0 radical (unpaired) electrons. The highest BCUT2D eigenvalue weighted by atomic mass is 19.3. The summed E-state index contributed by atoms with van der Waals surface area (Å²) in [5.74, 6) is 1.43. The fourth-order valence-electron chi connectivity index (χ4n) is 4.06. The van der Waals surface area contributed by atoms with E-state index in [9.17, 15) is 13.9 Å². The van der Waals surface area contributed by atoms with Gasteiger partial charge in [-0.1, -0.05) is 13.8 Å². The first kappa shape index (κ1) is 19.0. The van der Waals surface area contributed by atoms with Gasteiger partial charge in [-0.2, -0.15) is 13.9 Å². The van der Waals surface area contributed by atoms with Gasteiger partial charge in [-0.3, -0.25) is 4.98 Å². The molecule has 4 rings (SSSR count). The van der Waals surface area contributed by atoms with E-state index in [0.29, 0.717) is 28.4 Å². The van der Waals surface area contributed by atoms with Gasteiger partial charge in [0, 0.05) is 18.7 Å². The van der Waals surface area contributed by atoms with E-state index in [-0.39, 0.29) is 12.1 Å². The molecule has 0 aromatic carbocycles. The molecule has 1 fully saturated rings. The number of rotatable bonds is 5. The largest absolute Gasteiger partial charge is 0.393 e. The Kier molecular flexibility index (Phi) is 5.14. The minimum Gasteiger partial charge on any atom is -0.393 e. The van der Waals surface area contributed by atoms with Gasteiger partial charge in [0.2, 0.25) is 0 Å². The Bertz CT molecular complexity index is 965. The third-order valence-corrected chi connectivity index (χ3v) is 5.29. The average Bonchev–Trinajstić information content (AvgIpc) is 3.25. The van der Waals surface area contributed by atoms with Gasteiger partial charge in [-0.15, -0.1) is 0 Å². The molecular formula is C20H25F2N5O. The molecule has 3 aromatic heterocycles. The van der Waals surface area contributed by atoms with Crippen molar-refractivity contribution in [1.82, 2.24) is 24.3 Å². The molecule has 3 aromatic rings. The molecule has 1 aliphatic carbocycles. The van der Waals surface area contributed by atoms with Crippen molar-refractivity contribution in [2.75, 3.05) is 0 Å². The van der Waals surface area contributed by atoms with Crippen molar-refractivity contribution >= 4 is 11.0 Å². The number of nitrogens with zero attached hydrogens (tertiary/aromatic N) is 5. The van der Waals surface area contributed by atoms with Crippen LogP contribution in [0.1, 0.15) is 57.9 Å². The number of aromatic nitrogens is 5. The maximum Gasteiger partial charge on any atom is 0.333 e. The van der Waals surface area contributed by atoms with Gasteiger partial charge in [0.05, 0.1) is 23.5 Å². The molecule has 28 heavy (non-hydrogen) atoms. The van der Waals surface area contributed by atoms with Crippen molar-refractivity contribution < 1.29 is 13.9 Å². The summed E-state index contributed by atoms with van der Waals surface area (Å²) in [6.45, 7) is 1.63. The lowest BCUT2D eigenvalue weighted by atomic mass is 9.92. The molecule has 0 spiro atoms. The number of pyridine rings is 1. The van der Waals surface area contributed by atoms with Crippen LogP contribution in [0.3, 0.4) is 0 Å². The van der Waals surface area contributed by atoms with Crippen LogP contribution in [0.5, 0.6) is 0 Å². The summed E-state index contributed by atoms with van der Waals surface area (Å²) in [7, 11) is 0. The number of alkyl halides is 2. The zero-order valence-electron chi connectivity index (χ0n) is 16.1. The first-order valence-electron chi connectivity index (χ1n) is 9.81. The lowest BCUT2D eigenvalue weighted by Gasteiger charge is -2.29. The third-order valence-electron chi connectivity index (χ3n) is 5.29. The highest BCUT2D eigenvalue weighted by molar-refractivity contribution is 5.79. The quantitative estimate of drug-likeness (QED) is 0.704. The van der Waals surface area contributed by atoms with Crippen molar-refractivity contribution in [3.63, 3.8) is 0 Å². The van der Waals surface area contributed by atoms with Crippen molar-refractivity contribution in [3.05, 3.63) is 30.4 Å². The number of hydrogen-bond acceptors (Lipinski definition) is 4. The smallest absolute Gasteiger partial charge is 0.333 e. The molecule has 0 aliphatic heterocycles. The maximum atomic E-state index is 12.9. The molecule has 150 valence electrons. The van der Waals surface area contributed by atoms with Crippen LogP contribution in [0, 0.1) is 5.92 Å². The minimum absolute atomic E-state index is 0.177. The predicted octanol–water partition coefficient (Wildman–Crippen LogP) is 4.36. The molecular weight excluding hydrogens is 364 g/mol. The molecule has 2 atom stereocenters. The van der Waals surface area contributed by atoms with E-state index in [2.05, 4.69) is 28.5 Å². The summed E-state index contributed by atoms with van der Waals surface area (Å²) in [6, 6.07) is 3.60. The van der Waals surface area contributed by atoms with Crippen molar-refractivity contribution in [1.29, 1.82) is 0 Å². The number of aliphatic hydroxyl groups is 1. The molecule has 1 aliphatic rings. The van der Waals surface area contributed by atoms with Crippen LogP contribution in [-0.2, 0) is 6.42 Å². The molecule has 0 saturated heterocycles. The number of fused-ring (bicyclic) bond motifs is 1. The van der Waals surface area contributed by atoms with Gasteiger partial charge in [-0.05, 0) is 43.7 Å². The van der Waals surface area contributed by atoms with Crippen molar-refractivity contribution in [2.24, 2.45) is 5.92 Å². The summed E-state index contributed by atoms with van der Waals surface area (Å²) in [5.41, 5.74) is 2.66. The molecule has 1 saturated carbocycles. The highest BCUT2D eigenvalue weighted by Gasteiger charge is 2.26. The van der Waals surface area contributed by atoms with Crippen LogP contribution in [0.4, 0.5) is 8.78 Å². The van der Waals surface area contributed by atoms with Gasteiger partial charge < -0.3 is 9.67 Å². The lowest BCUT2D eigenvalue weighted by Crippen LogP contribution is -2.24. The Morgan fingerprint density at radius 3 is 2.75 bits per heavy atom. The van der Waals surface area contributed by atoms with Gasteiger partial charge in [0.15, 0.2) is 0 Å². The second kappa shape index (κ2) is 7.58. The van der Waals surface area contributed by atoms with Crippen LogP contribution in [-0.4, -0.2) is 35.5 Å². The monoisotopic (exact) mass is 389 g/mol. The van der Waals surface area contributed by atoms with Gasteiger partial charge in [0.1, 0.15) is 17.0 Å². The molecule has 1 N–H and O–H groups in total. The van der Waals surface area contributed by atoms with Crippen LogP contribution >= 0.6 is 0 Å². The van der Waals surface area contributed by atoms with E-state index in [4.69, 9.17) is 4.98 Å². The molecule has 0 bridgehead atoms. The average molecular weight is 389 g/mol. The van der Waals surface area contributed by atoms with E-state index in [1.165, 1.54) is 6.20 Å². The molecule has 8 heteroatoms. The summed E-state index contributed by atoms with van der Waals surface area (Å²) >= 11 is 0. The normalized spacial score (nSPS) is 20.5. The zero-order valence-corrected chi connectivity index (χ0v) is 16.1. The number of imidazole rings is 1. The Morgan fingerprint density at radius 1 is 1.25 bits per heavy atom. The number of hydrogen-bond donors (Lipinski definition) is 1. The highest BCUT2D eigenvalue weighted by Crippen LogP contribution is 2.34. The zero-order chi connectivity index (χ0) is 19.8. The van der Waals surface area contributed by atoms with E-state index >= 15 is 0 Å². The molecule has 0 amide bonds. The second-order valence-electron chi connectivity index (χ2n) is 7.99. The summed E-state index contributed by atoms with van der Waals surface area (Å²) < 4.78 is 28.6. The lowest BCUT2D eigenvalue weighted by molar-refractivity contribution is 0.0568. The van der Waals surface area contributed by atoms with Crippen LogP contribution in [0.25, 0.3) is 22.4 Å². The Hall–Kier alpha value is -2.35. The SMILES string of the molecule is CC(C)Cc1nc2cnc(-c3ccn(C(F)F)n3)cc2n1[C@@H]1CCC[C@@H](O)C1. The van der Waals surface area contributed by atoms with Gasteiger partial charge >= 0.3 is 6.55 Å². The Morgan fingerprint density at radius 2 is 2.07 bits per heavy atom. The summed E-state index contributed by atoms with van der Waals surface area (Å²) in [4.78, 5) is 9.19. The number of aliphatic hydroxyl groups excluding tert-OH is 1. The summed E-state index contributed by atoms with van der Waals surface area (Å²) in [5, 5.41) is 14.1. The Balaban J connectivity index is 1.80. The third kappa shape index (κ3) is 3.65. The maximum absolute atomic E-state index is 12.9. The molecule has 6 nitrogen and oxygen atoms in total. The first-order chi connectivity index (χ1) is 13.4. The number of halogens is 2.